The van der Waals surface area contributed by atoms with Crippen LogP contribution in [0.15, 0.2) is 66.7 Å². The molecule has 1 atom stereocenters. The average Bonchev–Trinajstić information content (AvgIpc) is 3.03. The van der Waals surface area contributed by atoms with Gasteiger partial charge in [0.1, 0.15) is 5.75 Å². The largest absolute Gasteiger partial charge is 0.497 e. The van der Waals surface area contributed by atoms with Crippen LogP contribution in [0.1, 0.15) is 28.3 Å². The van der Waals surface area contributed by atoms with Crippen LogP contribution < -0.4 is 29.0 Å². The van der Waals surface area contributed by atoms with Crippen LogP contribution in [-0.4, -0.2) is 59.4 Å². The summed E-state index contributed by atoms with van der Waals surface area (Å²) in [6.07, 6.45) is 1.49. The topological polar surface area (TPSA) is 78.5 Å². The highest BCUT2D eigenvalue weighted by molar-refractivity contribution is 5.85. The molecular formula is C34H38N2O6. The summed E-state index contributed by atoms with van der Waals surface area (Å²) in [6.45, 7) is 1.47. The fourth-order valence-corrected chi connectivity index (χ4v) is 5.69. The van der Waals surface area contributed by atoms with E-state index < -0.39 is 0 Å². The summed E-state index contributed by atoms with van der Waals surface area (Å²) >= 11 is 0. The first kappa shape index (κ1) is 29.1. The molecule has 0 saturated heterocycles. The first-order valence-corrected chi connectivity index (χ1v) is 14.0. The maximum atomic E-state index is 13.3. The minimum Gasteiger partial charge on any atom is -0.497 e. The smallest absolute Gasteiger partial charge is 0.234 e. The molecule has 1 aliphatic heterocycles. The van der Waals surface area contributed by atoms with Crippen molar-refractivity contribution in [1.82, 2.24) is 10.2 Å². The van der Waals surface area contributed by atoms with E-state index in [0.29, 0.717) is 36.0 Å². The summed E-state index contributed by atoms with van der Waals surface area (Å²) < 4.78 is 27.6. The summed E-state index contributed by atoms with van der Waals surface area (Å²) in [7, 11) is 8.22. The predicted molar refractivity (Wildman–Crippen MR) is 163 cm³/mol. The summed E-state index contributed by atoms with van der Waals surface area (Å²) in [6, 6.07) is 22.2. The quantitative estimate of drug-likeness (QED) is 0.261. The van der Waals surface area contributed by atoms with E-state index in [1.165, 1.54) is 5.56 Å². The molecule has 4 aromatic rings. The molecule has 42 heavy (non-hydrogen) atoms. The first-order chi connectivity index (χ1) is 20.5. The molecular weight excluding hydrogens is 532 g/mol. The zero-order valence-corrected chi connectivity index (χ0v) is 24.9. The van der Waals surface area contributed by atoms with E-state index in [1.807, 2.05) is 48.5 Å². The molecule has 0 spiro atoms. The number of carbonyl (C=O) groups excluding carboxylic acids is 1. The number of ether oxygens (including phenoxy) is 5. The summed E-state index contributed by atoms with van der Waals surface area (Å²) in [4.78, 5) is 15.5. The van der Waals surface area contributed by atoms with E-state index in [4.69, 9.17) is 23.7 Å². The highest BCUT2D eigenvalue weighted by Gasteiger charge is 2.31. The Morgan fingerprint density at radius 3 is 2.14 bits per heavy atom. The van der Waals surface area contributed by atoms with Crippen molar-refractivity contribution in [2.45, 2.75) is 25.4 Å². The Balaban J connectivity index is 1.36. The summed E-state index contributed by atoms with van der Waals surface area (Å²) in [5, 5.41) is 5.33. The second-order valence-electron chi connectivity index (χ2n) is 10.4. The van der Waals surface area contributed by atoms with Crippen molar-refractivity contribution in [3.63, 3.8) is 0 Å². The highest BCUT2D eigenvalue weighted by Crippen LogP contribution is 2.40. The lowest BCUT2D eigenvalue weighted by Crippen LogP contribution is -2.43. The fourth-order valence-electron chi connectivity index (χ4n) is 5.69. The van der Waals surface area contributed by atoms with E-state index in [0.717, 1.165) is 46.2 Å². The van der Waals surface area contributed by atoms with Crippen molar-refractivity contribution >= 4 is 16.7 Å². The van der Waals surface area contributed by atoms with Crippen LogP contribution in [0.5, 0.6) is 28.7 Å². The molecule has 0 aliphatic carbocycles. The maximum Gasteiger partial charge on any atom is 0.234 e. The number of rotatable bonds is 11. The molecule has 1 unspecified atom stereocenters. The van der Waals surface area contributed by atoms with Crippen LogP contribution >= 0.6 is 0 Å². The van der Waals surface area contributed by atoms with Crippen LogP contribution in [0.3, 0.4) is 0 Å². The molecule has 4 aromatic carbocycles. The third-order valence-corrected chi connectivity index (χ3v) is 7.94. The lowest BCUT2D eigenvalue weighted by atomic mass is 9.88. The number of nitrogens with zero attached hydrogens (tertiary/aromatic N) is 1. The van der Waals surface area contributed by atoms with Gasteiger partial charge in [-0.3, -0.25) is 9.69 Å². The fraction of sp³-hybridized carbons (Fsp3) is 0.324. The Hall–Kier alpha value is -4.43. The van der Waals surface area contributed by atoms with Gasteiger partial charge in [-0.25, -0.2) is 0 Å². The molecule has 0 fully saturated rings. The minimum atomic E-state index is -0.0481. The lowest BCUT2D eigenvalue weighted by molar-refractivity contribution is -0.123. The van der Waals surface area contributed by atoms with Gasteiger partial charge in [-0.15, -0.1) is 0 Å². The molecule has 220 valence electrons. The SMILES string of the molecule is COc1ccc2cc(CNC(=O)CN3CCc4cc(OC)c(OC)cc4C3Cc3ccc(OC)c(OC)c3)ccc2c1. The Bertz CT molecular complexity index is 1570. The number of amides is 1. The predicted octanol–water partition coefficient (Wildman–Crippen LogP) is 5.34. The van der Waals surface area contributed by atoms with Gasteiger partial charge in [0, 0.05) is 19.1 Å². The van der Waals surface area contributed by atoms with Crippen LogP contribution in [0, 0.1) is 0 Å². The van der Waals surface area contributed by atoms with Gasteiger partial charge >= 0.3 is 0 Å². The standard InChI is InChI=1S/C34H38N2O6/c1-38-27-10-9-24-14-23(6-8-25(24)17-27)20-35-34(37)21-36-13-12-26-18-32(41-4)33(42-5)19-28(26)29(36)15-22-7-11-30(39-2)31(16-22)40-3/h6-11,14,16-19,29H,12-13,15,20-21H2,1-5H3,(H,35,37). The van der Waals surface area contributed by atoms with Crippen molar-refractivity contribution in [3.05, 3.63) is 89.0 Å². The van der Waals surface area contributed by atoms with Gasteiger partial charge in [-0.05, 0) is 88.3 Å². The second kappa shape index (κ2) is 13.0. The first-order valence-electron chi connectivity index (χ1n) is 14.0. The summed E-state index contributed by atoms with van der Waals surface area (Å²) in [5.74, 6) is 3.54. The number of carbonyl (C=O) groups is 1. The minimum absolute atomic E-state index is 0.0222. The molecule has 1 heterocycles. The number of hydrogen-bond donors (Lipinski definition) is 1. The lowest BCUT2D eigenvalue weighted by Gasteiger charge is -2.37. The zero-order chi connectivity index (χ0) is 29.6. The van der Waals surface area contributed by atoms with Crippen LogP contribution in [0.4, 0.5) is 0 Å². The van der Waals surface area contributed by atoms with Gasteiger partial charge in [0.15, 0.2) is 23.0 Å². The molecule has 0 saturated carbocycles. The van der Waals surface area contributed by atoms with E-state index >= 15 is 0 Å². The number of fused-ring (bicyclic) bond motifs is 2. The molecule has 8 heteroatoms. The van der Waals surface area contributed by atoms with E-state index in [1.54, 1.807) is 35.5 Å². The Kier molecular flexibility index (Phi) is 9.03. The molecule has 1 aliphatic rings. The summed E-state index contributed by atoms with van der Waals surface area (Å²) in [5.41, 5.74) is 4.45. The molecule has 0 aromatic heterocycles. The van der Waals surface area contributed by atoms with Gasteiger partial charge < -0.3 is 29.0 Å². The molecule has 0 radical (unpaired) electrons. The van der Waals surface area contributed by atoms with Crippen LogP contribution in [0.2, 0.25) is 0 Å². The molecule has 5 rings (SSSR count). The molecule has 0 bridgehead atoms. The number of hydrogen-bond acceptors (Lipinski definition) is 7. The van der Waals surface area contributed by atoms with Gasteiger partial charge in [0.25, 0.3) is 0 Å². The third kappa shape index (κ3) is 6.24. The van der Waals surface area contributed by atoms with Gasteiger partial charge in [-0.1, -0.05) is 24.3 Å². The molecule has 1 amide bonds. The van der Waals surface area contributed by atoms with Crippen molar-refractivity contribution in [3.8, 4) is 28.7 Å². The number of benzene rings is 4. The van der Waals surface area contributed by atoms with Crippen molar-refractivity contribution in [2.75, 3.05) is 48.6 Å². The van der Waals surface area contributed by atoms with Gasteiger partial charge in [-0.2, -0.15) is 0 Å². The Morgan fingerprint density at radius 2 is 1.40 bits per heavy atom. The average molecular weight is 571 g/mol. The highest BCUT2D eigenvalue weighted by atomic mass is 16.5. The van der Waals surface area contributed by atoms with Crippen LogP contribution in [0.25, 0.3) is 10.8 Å². The number of methoxy groups -OCH3 is 5. The van der Waals surface area contributed by atoms with Crippen molar-refractivity contribution in [2.24, 2.45) is 0 Å². The zero-order valence-electron chi connectivity index (χ0n) is 24.9. The number of nitrogens with one attached hydrogen (secondary N) is 1. The Labute approximate surface area is 247 Å². The van der Waals surface area contributed by atoms with Crippen molar-refractivity contribution < 1.29 is 28.5 Å². The normalized spacial score (nSPS) is 14.6. The van der Waals surface area contributed by atoms with E-state index in [9.17, 15) is 4.79 Å². The monoisotopic (exact) mass is 570 g/mol. The van der Waals surface area contributed by atoms with E-state index in [2.05, 4.69) is 28.4 Å². The van der Waals surface area contributed by atoms with Crippen molar-refractivity contribution in [1.29, 1.82) is 0 Å². The second-order valence-corrected chi connectivity index (χ2v) is 10.4. The van der Waals surface area contributed by atoms with Gasteiger partial charge in [0.05, 0.1) is 42.1 Å². The molecule has 1 N–H and O–H groups in total. The van der Waals surface area contributed by atoms with Gasteiger partial charge in [0.2, 0.25) is 5.91 Å². The van der Waals surface area contributed by atoms with E-state index in [-0.39, 0.29) is 18.5 Å². The molecule has 8 nitrogen and oxygen atoms in total. The van der Waals surface area contributed by atoms with Crippen LogP contribution in [-0.2, 0) is 24.2 Å². The maximum absolute atomic E-state index is 13.3. The Morgan fingerprint density at radius 1 is 0.738 bits per heavy atom. The third-order valence-electron chi connectivity index (χ3n) is 7.94.